The lowest BCUT2D eigenvalue weighted by Gasteiger charge is -2.18. The van der Waals surface area contributed by atoms with Crippen LogP contribution < -0.4 is 0 Å². The first-order valence-electron chi connectivity index (χ1n) is 37.8. The summed E-state index contributed by atoms with van der Waals surface area (Å²) in [5, 5.41) is 0. The van der Waals surface area contributed by atoms with Crippen molar-refractivity contribution in [1.29, 1.82) is 0 Å². The molecule has 0 saturated carbocycles. The summed E-state index contributed by atoms with van der Waals surface area (Å²) in [5.74, 6) is -0.838. The van der Waals surface area contributed by atoms with Gasteiger partial charge >= 0.3 is 17.9 Å². The van der Waals surface area contributed by atoms with Crippen molar-refractivity contribution in [3.63, 3.8) is 0 Å². The molecule has 490 valence electrons. The first kappa shape index (κ1) is 80.9. The Morgan fingerprint density at radius 1 is 0.229 bits per heavy atom. The van der Waals surface area contributed by atoms with E-state index in [1.54, 1.807) is 0 Å². The van der Waals surface area contributed by atoms with E-state index in [4.69, 9.17) is 14.2 Å². The molecule has 0 heterocycles. The fraction of sp³-hybridized carbons (Fsp3) is 0.909. The van der Waals surface area contributed by atoms with Crippen molar-refractivity contribution >= 4 is 17.9 Å². The number of rotatable bonds is 71. The van der Waals surface area contributed by atoms with E-state index in [2.05, 4.69) is 45.1 Å². The second-order valence-corrected chi connectivity index (χ2v) is 25.9. The molecular weight excluding hydrogens is 1020 g/mol. The number of allylic oxidation sites excluding steroid dienone is 4. The van der Waals surface area contributed by atoms with Gasteiger partial charge in [0.25, 0.3) is 0 Å². The quantitative estimate of drug-likeness (QED) is 0.0261. The van der Waals surface area contributed by atoms with Crippen LogP contribution in [0, 0.1) is 0 Å². The van der Waals surface area contributed by atoms with E-state index < -0.39 is 6.10 Å². The number of hydrogen-bond donors (Lipinski definition) is 0. The summed E-state index contributed by atoms with van der Waals surface area (Å²) < 4.78 is 17.0. The van der Waals surface area contributed by atoms with Gasteiger partial charge in [-0.15, -0.1) is 0 Å². The molecule has 0 radical (unpaired) electrons. The number of hydrogen-bond acceptors (Lipinski definition) is 6. The highest BCUT2D eigenvalue weighted by Crippen LogP contribution is 2.19. The number of carbonyl (C=O) groups is 3. The van der Waals surface area contributed by atoms with Gasteiger partial charge in [-0.3, -0.25) is 14.4 Å². The Morgan fingerprint density at radius 2 is 0.398 bits per heavy atom. The average Bonchev–Trinajstić information content (AvgIpc) is 3.50. The Hall–Kier alpha value is -2.11. The van der Waals surface area contributed by atoms with E-state index in [-0.39, 0.29) is 31.1 Å². The fourth-order valence-electron chi connectivity index (χ4n) is 11.7. The molecule has 0 aromatic carbocycles. The van der Waals surface area contributed by atoms with Crippen molar-refractivity contribution in [2.75, 3.05) is 13.2 Å². The lowest BCUT2D eigenvalue weighted by molar-refractivity contribution is -0.167. The Balaban J connectivity index is 4.27. The third kappa shape index (κ3) is 70.5. The van der Waals surface area contributed by atoms with Crippen LogP contribution in [0.15, 0.2) is 24.3 Å². The molecule has 0 N–H and O–H groups in total. The molecule has 0 spiro atoms. The number of carbonyl (C=O) groups excluding carboxylic acids is 3. The number of esters is 3. The molecule has 0 bridgehead atoms. The summed E-state index contributed by atoms with van der Waals surface area (Å²) in [7, 11) is 0. The van der Waals surface area contributed by atoms with Crippen LogP contribution in [0.5, 0.6) is 0 Å². The highest BCUT2D eigenvalue weighted by Gasteiger charge is 2.20. The number of ether oxygens (including phenoxy) is 3. The van der Waals surface area contributed by atoms with E-state index in [9.17, 15) is 14.4 Å². The van der Waals surface area contributed by atoms with Crippen molar-refractivity contribution in [3.05, 3.63) is 24.3 Å². The highest BCUT2D eigenvalue weighted by atomic mass is 16.6. The lowest BCUT2D eigenvalue weighted by Crippen LogP contribution is -2.30. The van der Waals surface area contributed by atoms with Gasteiger partial charge in [0.1, 0.15) is 13.2 Å². The maximum Gasteiger partial charge on any atom is 0.306 e. The van der Waals surface area contributed by atoms with Gasteiger partial charge in [0.15, 0.2) is 6.10 Å². The van der Waals surface area contributed by atoms with Crippen molar-refractivity contribution in [3.8, 4) is 0 Å². The first-order chi connectivity index (χ1) is 41.0. The molecule has 0 aromatic heterocycles. The molecule has 1 unspecified atom stereocenters. The Bertz CT molecular complexity index is 1340. The van der Waals surface area contributed by atoms with E-state index >= 15 is 0 Å². The zero-order valence-electron chi connectivity index (χ0n) is 56.5. The van der Waals surface area contributed by atoms with Crippen LogP contribution in [-0.4, -0.2) is 37.2 Å². The zero-order chi connectivity index (χ0) is 59.9. The van der Waals surface area contributed by atoms with Crippen LogP contribution in [0.1, 0.15) is 432 Å². The van der Waals surface area contributed by atoms with Gasteiger partial charge in [-0.2, -0.15) is 0 Å². The zero-order valence-corrected chi connectivity index (χ0v) is 56.5. The predicted molar refractivity (Wildman–Crippen MR) is 363 cm³/mol. The lowest BCUT2D eigenvalue weighted by atomic mass is 10.0. The maximum absolute atomic E-state index is 13.0. The van der Waals surface area contributed by atoms with Crippen LogP contribution in [-0.2, 0) is 28.6 Å². The molecule has 0 amide bonds. The van der Waals surface area contributed by atoms with Crippen molar-refractivity contribution in [1.82, 2.24) is 0 Å². The average molecular weight is 1170 g/mol. The fourth-order valence-corrected chi connectivity index (χ4v) is 11.7. The molecule has 0 saturated heterocycles. The van der Waals surface area contributed by atoms with Crippen molar-refractivity contribution in [2.24, 2.45) is 0 Å². The van der Waals surface area contributed by atoms with Gasteiger partial charge in [0.05, 0.1) is 0 Å². The first-order valence-corrected chi connectivity index (χ1v) is 37.8. The molecular formula is C77H146O6. The van der Waals surface area contributed by atoms with E-state index in [1.807, 2.05) is 0 Å². The molecule has 83 heavy (non-hydrogen) atoms. The highest BCUT2D eigenvalue weighted by molar-refractivity contribution is 5.71. The molecule has 0 fully saturated rings. The molecule has 0 aromatic rings. The summed E-state index contributed by atoms with van der Waals surface area (Å²) in [6.07, 6.45) is 89.3. The van der Waals surface area contributed by atoms with E-state index in [1.165, 1.54) is 334 Å². The van der Waals surface area contributed by atoms with Gasteiger partial charge in [-0.25, -0.2) is 0 Å². The van der Waals surface area contributed by atoms with Gasteiger partial charge in [0.2, 0.25) is 0 Å². The molecule has 0 rings (SSSR count). The molecule has 0 aliphatic rings. The summed E-state index contributed by atoms with van der Waals surface area (Å²) in [6, 6.07) is 0. The molecule has 6 heteroatoms. The normalized spacial score (nSPS) is 12.1. The van der Waals surface area contributed by atoms with Gasteiger partial charge in [-0.05, 0) is 70.6 Å². The summed E-state index contributed by atoms with van der Waals surface area (Å²) >= 11 is 0. The largest absolute Gasteiger partial charge is 0.462 e. The van der Waals surface area contributed by atoms with Crippen LogP contribution in [0.3, 0.4) is 0 Å². The van der Waals surface area contributed by atoms with Crippen molar-refractivity contribution in [2.45, 2.75) is 438 Å². The third-order valence-electron chi connectivity index (χ3n) is 17.4. The van der Waals surface area contributed by atoms with Gasteiger partial charge in [0, 0.05) is 19.3 Å². The Morgan fingerprint density at radius 3 is 0.602 bits per heavy atom. The number of unbranched alkanes of at least 4 members (excludes halogenated alkanes) is 56. The minimum atomic E-state index is -0.773. The van der Waals surface area contributed by atoms with Crippen LogP contribution in [0.4, 0.5) is 0 Å². The second kappa shape index (κ2) is 72.4. The standard InChI is InChI=1S/C77H146O6/c1-4-7-10-13-16-19-22-25-28-31-34-36-37-38-39-40-42-43-46-49-52-55-58-61-64-67-70-76(79)82-73-74(72-81-75(78)69-66-63-60-57-54-51-48-45-33-30-27-24-21-18-15-12-9-6-3)83-77(80)71-68-65-62-59-56-53-50-47-44-41-35-32-29-26-23-20-17-14-11-8-5-2/h30,32-33,35,74H,4-29,31,34,36-73H2,1-3H3/b33-30-,35-32-. The van der Waals surface area contributed by atoms with E-state index in [0.29, 0.717) is 19.3 Å². The van der Waals surface area contributed by atoms with Gasteiger partial charge in [-0.1, -0.05) is 366 Å². The van der Waals surface area contributed by atoms with Crippen molar-refractivity contribution < 1.29 is 28.6 Å². The monoisotopic (exact) mass is 1170 g/mol. The Kier molecular flexibility index (Phi) is 70.5. The van der Waals surface area contributed by atoms with Crippen LogP contribution in [0.2, 0.25) is 0 Å². The summed E-state index contributed by atoms with van der Waals surface area (Å²) in [5.41, 5.74) is 0. The molecule has 0 aliphatic carbocycles. The van der Waals surface area contributed by atoms with Crippen LogP contribution >= 0.6 is 0 Å². The Labute approximate surface area is 519 Å². The smallest absolute Gasteiger partial charge is 0.306 e. The maximum atomic E-state index is 13.0. The topological polar surface area (TPSA) is 78.9 Å². The summed E-state index contributed by atoms with van der Waals surface area (Å²) in [4.78, 5) is 38.6. The van der Waals surface area contributed by atoms with E-state index in [0.717, 1.165) is 57.8 Å². The predicted octanol–water partition coefficient (Wildman–Crippen LogP) is 26.1. The molecule has 6 nitrogen and oxygen atoms in total. The molecule has 1 atom stereocenters. The second-order valence-electron chi connectivity index (χ2n) is 25.9. The minimum absolute atomic E-state index is 0.0675. The molecule has 0 aliphatic heterocycles. The third-order valence-corrected chi connectivity index (χ3v) is 17.4. The SMILES string of the molecule is CCCCCCCCC/C=C\CCCCCCCCCC(=O)OCC(COC(=O)CCCCCCCCCCCCCCCCCCCCCCCCCCCC)OC(=O)CCCCCCCCCCC/C=C\CCCCCCCCCC. The van der Waals surface area contributed by atoms with Crippen LogP contribution in [0.25, 0.3) is 0 Å². The van der Waals surface area contributed by atoms with Gasteiger partial charge < -0.3 is 14.2 Å². The summed E-state index contributed by atoms with van der Waals surface area (Å²) in [6.45, 7) is 6.73. The minimum Gasteiger partial charge on any atom is -0.462 e.